The van der Waals surface area contributed by atoms with Gasteiger partial charge in [0, 0.05) is 30.7 Å². The summed E-state index contributed by atoms with van der Waals surface area (Å²) < 4.78 is 27.1. The molecular formula is C24H24N2O4S2. The number of nitrogens with zero attached hydrogens (tertiary/aromatic N) is 2. The lowest BCUT2D eigenvalue weighted by atomic mass is 9.89. The van der Waals surface area contributed by atoms with Crippen LogP contribution >= 0.6 is 11.3 Å². The van der Waals surface area contributed by atoms with Crippen LogP contribution < -0.4 is 10.5 Å². The van der Waals surface area contributed by atoms with Gasteiger partial charge in [0.25, 0.3) is 0 Å². The van der Waals surface area contributed by atoms with Gasteiger partial charge in [0.05, 0.1) is 20.7 Å². The summed E-state index contributed by atoms with van der Waals surface area (Å²) in [6.45, 7) is 1.01. The fraction of sp³-hybridized carbons (Fsp3) is 0.333. The molecule has 1 N–H and O–H groups in total. The Morgan fingerprint density at radius 1 is 1.16 bits per heavy atom. The maximum atomic E-state index is 12.8. The molecule has 32 heavy (non-hydrogen) atoms. The zero-order valence-electron chi connectivity index (χ0n) is 17.7. The van der Waals surface area contributed by atoms with Crippen LogP contribution in [-0.2, 0) is 11.1 Å². The van der Waals surface area contributed by atoms with Crippen molar-refractivity contribution in [3.63, 3.8) is 0 Å². The third kappa shape index (κ3) is 4.22. The molecule has 1 atom stereocenters. The zero-order valence-corrected chi connectivity index (χ0v) is 19.4. The largest absolute Gasteiger partial charge is 0.422 e. The maximum Gasteiger partial charge on any atom is 0.346 e. The first-order valence-electron chi connectivity index (χ1n) is 10.8. The van der Waals surface area contributed by atoms with E-state index >= 15 is 0 Å². The minimum Gasteiger partial charge on any atom is -0.422 e. The maximum absolute atomic E-state index is 12.8. The molecule has 0 radical (unpaired) electrons. The van der Waals surface area contributed by atoms with Crippen molar-refractivity contribution < 1.29 is 13.2 Å². The number of hydrogen-bond acceptors (Lipinski definition) is 6. The molecule has 1 fully saturated rings. The van der Waals surface area contributed by atoms with E-state index in [0.717, 1.165) is 28.2 Å². The van der Waals surface area contributed by atoms with Crippen LogP contribution in [0.1, 0.15) is 32.1 Å². The molecule has 1 aliphatic carbocycles. The van der Waals surface area contributed by atoms with Gasteiger partial charge < -0.3 is 13.9 Å². The molecule has 8 heteroatoms. The fourth-order valence-corrected chi connectivity index (χ4v) is 5.96. The highest BCUT2D eigenvalue weighted by molar-refractivity contribution is 7.79. The molecule has 166 valence electrons. The molecule has 0 spiro atoms. The Kier molecular flexibility index (Phi) is 5.84. The molecule has 5 rings (SSSR count). The second-order valence-corrected chi connectivity index (χ2v) is 10.5. The molecule has 2 aromatic carbocycles. The lowest BCUT2D eigenvalue weighted by Gasteiger charge is -2.28. The van der Waals surface area contributed by atoms with E-state index in [4.69, 9.17) is 4.42 Å². The summed E-state index contributed by atoms with van der Waals surface area (Å²) in [6, 6.07) is 12.7. The highest BCUT2D eigenvalue weighted by atomic mass is 32.2. The third-order valence-electron chi connectivity index (χ3n) is 6.21. The standard InChI is InChI=1S/C24H24N2O4S2/c1-26(14-15-5-3-2-4-6-15)17-8-7-16-11-19(24(27)30-21(16)12-17)23-25-20-10-9-18(32(28)29)13-22(20)31-23/h7-13,15H,2-6,14H2,1H3,(H,28,29). The van der Waals surface area contributed by atoms with E-state index in [1.165, 1.54) is 43.4 Å². The Morgan fingerprint density at radius 2 is 1.97 bits per heavy atom. The monoisotopic (exact) mass is 468 g/mol. The Balaban J connectivity index is 1.46. The number of benzene rings is 2. The quantitative estimate of drug-likeness (QED) is 0.300. The Morgan fingerprint density at radius 3 is 2.75 bits per heavy atom. The summed E-state index contributed by atoms with van der Waals surface area (Å²) in [6.07, 6.45) is 6.56. The summed E-state index contributed by atoms with van der Waals surface area (Å²) in [5, 5.41) is 1.38. The molecule has 0 bridgehead atoms. The lowest BCUT2D eigenvalue weighted by Crippen LogP contribution is -2.26. The molecule has 0 aliphatic heterocycles. The van der Waals surface area contributed by atoms with Gasteiger partial charge in [-0.25, -0.2) is 14.0 Å². The minimum atomic E-state index is -2.06. The number of thiazole rings is 1. The molecule has 6 nitrogen and oxygen atoms in total. The first-order valence-corrected chi connectivity index (χ1v) is 12.7. The van der Waals surface area contributed by atoms with Crippen LogP contribution in [-0.4, -0.2) is 27.3 Å². The number of rotatable bonds is 5. The highest BCUT2D eigenvalue weighted by Crippen LogP contribution is 2.32. The van der Waals surface area contributed by atoms with Gasteiger partial charge >= 0.3 is 5.63 Å². The van der Waals surface area contributed by atoms with Gasteiger partial charge in [-0.3, -0.25) is 0 Å². The lowest BCUT2D eigenvalue weighted by molar-refractivity contribution is 0.362. The summed E-state index contributed by atoms with van der Waals surface area (Å²) in [5.41, 5.74) is 2.25. The van der Waals surface area contributed by atoms with Crippen LogP contribution in [0.15, 0.2) is 56.6 Å². The van der Waals surface area contributed by atoms with Crippen LogP contribution in [0, 0.1) is 5.92 Å². The van der Waals surface area contributed by atoms with E-state index in [1.807, 2.05) is 18.2 Å². The normalized spacial score (nSPS) is 15.9. The number of hydrogen-bond donors (Lipinski definition) is 1. The highest BCUT2D eigenvalue weighted by Gasteiger charge is 2.17. The zero-order chi connectivity index (χ0) is 22.2. The smallest absolute Gasteiger partial charge is 0.346 e. The number of anilines is 1. The Labute approximate surface area is 192 Å². The van der Waals surface area contributed by atoms with Gasteiger partial charge in [-0.05, 0) is 55.2 Å². The minimum absolute atomic E-state index is 0.308. The van der Waals surface area contributed by atoms with E-state index in [-0.39, 0.29) is 0 Å². The molecule has 2 heterocycles. The van der Waals surface area contributed by atoms with Crippen molar-refractivity contribution in [1.29, 1.82) is 0 Å². The summed E-state index contributed by atoms with van der Waals surface area (Å²) in [4.78, 5) is 19.9. The van der Waals surface area contributed by atoms with Crippen LogP contribution in [0.5, 0.6) is 0 Å². The Hall–Kier alpha value is -2.55. The van der Waals surface area contributed by atoms with Crippen LogP contribution in [0.2, 0.25) is 0 Å². The van der Waals surface area contributed by atoms with Gasteiger partial charge in [-0.2, -0.15) is 0 Å². The van der Waals surface area contributed by atoms with E-state index in [2.05, 4.69) is 23.0 Å². The summed E-state index contributed by atoms with van der Waals surface area (Å²) >= 11 is -0.750. The molecule has 1 saturated carbocycles. The van der Waals surface area contributed by atoms with Crippen molar-refractivity contribution >= 4 is 49.3 Å². The van der Waals surface area contributed by atoms with Crippen LogP contribution in [0.4, 0.5) is 5.69 Å². The van der Waals surface area contributed by atoms with E-state index < -0.39 is 16.7 Å². The number of fused-ring (bicyclic) bond motifs is 2. The van der Waals surface area contributed by atoms with Gasteiger partial charge in [-0.1, -0.05) is 19.3 Å². The van der Waals surface area contributed by atoms with E-state index in [0.29, 0.717) is 26.6 Å². The molecule has 4 aromatic rings. The average molecular weight is 469 g/mol. The first kappa shape index (κ1) is 21.3. The van der Waals surface area contributed by atoms with Crippen molar-refractivity contribution in [2.75, 3.05) is 18.5 Å². The molecular weight excluding hydrogens is 444 g/mol. The summed E-state index contributed by atoms with van der Waals surface area (Å²) in [5.74, 6) is 0.724. The fourth-order valence-electron chi connectivity index (χ4n) is 4.48. The number of aromatic nitrogens is 1. The van der Waals surface area contributed by atoms with Crippen molar-refractivity contribution in [3.05, 3.63) is 52.9 Å². The van der Waals surface area contributed by atoms with Crippen molar-refractivity contribution in [3.8, 4) is 10.6 Å². The second kappa shape index (κ2) is 8.77. The summed E-state index contributed by atoms with van der Waals surface area (Å²) in [7, 11) is 2.09. The van der Waals surface area contributed by atoms with Crippen molar-refractivity contribution in [1.82, 2.24) is 4.98 Å². The third-order valence-corrected chi connectivity index (χ3v) is 7.92. The molecule has 1 aliphatic rings. The van der Waals surface area contributed by atoms with Crippen molar-refractivity contribution in [2.45, 2.75) is 37.0 Å². The SMILES string of the molecule is CN(CC1CCCCC1)c1ccc2cc(-c3nc4ccc(S(=O)O)cc4s3)c(=O)oc2c1. The molecule has 0 saturated heterocycles. The van der Waals surface area contributed by atoms with Gasteiger partial charge in [0.15, 0.2) is 11.1 Å². The Bertz CT molecular complexity index is 1370. The van der Waals surface area contributed by atoms with Crippen molar-refractivity contribution in [2.24, 2.45) is 5.92 Å². The predicted molar refractivity (Wildman–Crippen MR) is 130 cm³/mol. The molecule has 0 amide bonds. The second-order valence-electron chi connectivity index (χ2n) is 8.45. The van der Waals surface area contributed by atoms with Gasteiger partial charge in [0.2, 0.25) is 0 Å². The average Bonchev–Trinajstić information content (AvgIpc) is 3.22. The van der Waals surface area contributed by atoms with Crippen LogP contribution in [0.25, 0.3) is 31.8 Å². The van der Waals surface area contributed by atoms with Gasteiger partial charge in [0.1, 0.15) is 10.6 Å². The first-order chi connectivity index (χ1) is 15.5. The van der Waals surface area contributed by atoms with E-state index in [1.54, 1.807) is 18.2 Å². The molecule has 1 unspecified atom stereocenters. The van der Waals surface area contributed by atoms with E-state index in [9.17, 15) is 13.6 Å². The predicted octanol–water partition coefficient (Wildman–Crippen LogP) is 5.67. The van der Waals surface area contributed by atoms with Gasteiger partial charge in [-0.15, -0.1) is 11.3 Å². The molecule has 2 aromatic heterocycles. The topological polar surface area (TPSA) is 83.6 Å². The van der Waals surface area contributed by atoms with Crippen LogP contribution in [0.3, 0.4) is 0 Å².